The van der Waals surface area contributed by atoms with Crippen LogP contribution in [0.25, 0.3) is 0 Å². The van der Waals surface area contributed by atoms with Gasteiger partial charge >= 0.3 is 0 Å². The lowest BCUT2D eigenvalue weighted by atomic mass is 10.1. The molecule has 0 saturated carbocycles. The van der Waals surface area contributed by atoms with Gasteiger partial charge in [-0.1, -0.05) is 24.3 Å². The maximum absolute atomic E-state index is 12.1. The zero-order valence-electron chi connectivity index (χ0n) is 16.3. The van der Waals surface area contributed by atoms with E-state index < -0.39 is 0 Å². The van der Waals surface area contributed by atoms with Crippen LogP contribution in [-0.2, 0) is 17.8 Å². The van der Waals surface area contributed by atoms with Gasteiger partial charge in [0.1, 0.15) is 5.75 Å². The first-order chi connectivity index (χ1) is 13.1. The Morgan fingerprint density at radius 1 is 0.963 bits per heavy atom. The van der Waals surface area contributed by atoms with E-state index in [1.807, 2.05) is 24.3 Å². The largest absolute Gasteiger partial charge is 0.497 e. The van der Waals surface area contributed by atoms with Gasteiger partial charge in [0, 0.05) is 44.8 Å². The van der Waals surface area contributed by atoms with E-state index in [4.69, 9.17) is 4.74 Å². The third-order valence-corrected chi connectivity index (χ3v) is 5.09. The summed E-state index contributed by atoms with van der Waals surface area (Å²) in [7, 11) is 3.82. The highest BCUT2D eigenvalue weighted by Gasteiger charge is 2.14. The predicted octanol–water partition coefficient (Wildman–Crippen LogP) is 2.70. The summed E-state index contributed by atoms with van der Waals surface area (Å²) in [6.07, 6.45) is 1.23. The SMILES string of the molecule is COc1ccc(CCC(=O)NCc2ccc(N3CCN(C)CC3)cc2)cc1. The first-order valence-electron chi connectivity index (χ1n) is 9.56. The number of rotatable bonds is 7. The van der Waals surface area contributed by atoms with Gasteiger partial charge in [-0.25, -0.2) is 0 Å². The molecular weight excluding hydrogens is 338 g/mol. The van der Waals surface area contributed by atoms with Crippen molar-refractivity contribution < 1.29 is 9.53 Å². The fourth-order valence-electron chi connectivity index (χ4n) is 3.23. The summed E-state index contributed by atoms with van der Waals surface area (Å²) in [4.78, 5) is 16.9. The van der Waals surface area contributed by atoms with Gasteiger partial charge in [0.25, 0.3) is 0 Å². The zero-order valence-corrected chi connectivity index (χ0v) is 16.3. The Kier molecular flexibility index (Phi) is 6.71. The monoisotopic (exact) mass is 367 g/mol. The number of nitrogens with one attached hydrogen (secondary N) is 1. The summed E-state index contributed by atoms with van der Waals surface area (Å²) < 4.78 is 5.15. The summed E-state index contributed by atoms with van der Waals surface area (Å²) in [6.45, 7) is 4.92. The van der Waals surface area contributed by atoms with Crippen LogP contribution in [0.15, 0.2) is 48.5 Å². The number of likely N-dealkylation sites (N-methyl/N-ethyl adjacent to an activating group) is 1. The molecule has 144 valence electrons. The van der Waals surface area contributed by atoms with E-state index in [1.165, 1.54) is 5.69 Å². The third kappa shape index (κ3) is 5.73. The summed E-state index contributed by atoms with van der Waals surface area (Å²) in [5.41, 5.74) is 3.53. The highest BCUT2D eigenvalue weighted by atomic mass is 16.5. The van der Waals surface area contributed by atoms with Crippen molar-refractivity contribution in [3.8, 4) is 5.75 Å². The minimum Gasteiger partial charge on any atom is -0.497 e. The average molecular weight is 367 g/mol. The van der Waals surface area contributed by atoms with Crippen molar-refractivity contribution in [3.05, 3.63) is 59.7 Å². The molecule has 1 fully saturated rings. The molecular formula is C22H29N3O2. The Morgan fingerprint density at radius 3 is 2.22 bits per heavy atom. The molecule has 0 aromatic heterocycles. The summed E-state index contributed by atoms with van der Waals surface area (Å²) >= 11 is 0. The first-order valence-corrected chi connectivity index (χ1v) is 9.56. The molecule has 1 amide bonds. The molecule has 2 aromatic carbocycles. The number of aryl methyl sites for hydroxylation is 1. The quantitative estimate of drug-likeness (QED) is 0.817. The molecule has 0 atom stereocenters. The lowest BCUT2D eigenvalue weighted by Gasteiger charge is -2.34. The van der Waals surface area contributed by atoms with Gasteiger partial charge in [0.15, 0.2) is 0 Å². The fourth-order valence-corrected chi connectivity index (χ4v) is 3.23. The van der Waals surface area contributed by atoms with Crippen molar-refractivity contribution >= 4 is 11.6 Å². The molecule has 5 nitrogen and oxygen atoms in total. The molecule has 0 spiro atoms. The molecule has 3 rings (SSSR count). The number of methoxy groups -OCH3 is 1. The molecule has 0 bridgehead atoms. The molecule has 1 heterocycles. The highest BCUT2D eigenvalue weighted by Crippen LogP contribution is 2.17. The molecule has 0 unspecified atom stereocenters. The molecule has 5 heteroatoms. The Bertz CT molecular complexity index is 720. The number of amides is 1. The summed E-state index contributed by atoms with van der Waals surface area (Å²) in [5, 5.41) is 3.01. The van der Waals surface area contributed by atoms with Gasteiger partial charge in [-0.2, -0.15) is 0 Å². The second-order valence-corrected chi connectivity index (χ2v) is 7.08. The molecule has 1 saturated heterocycles. The van der Waals surface area contributed by atoms with E-state index in [1.54, 1.807) is 7.11 Å². The predicted molar refractivity (Wildman–Crippen MR) is 109 cm³/mol. The molecule has 0 radical (unpaired) electrons. The van der Waals surface area contributed by atoms with Crippen molar-refractivity contribution in [1.82, 2.24) is 10.2 Å². The normalized spacial score (nSPS) is 14.8. The van der Waals surface area contributed by atoms with Crippen molar-refractivity contribution in [2.24, 2.45) is 0 Å². The average Bonchev–Trinajstić information content (AvgIpc) is 2.72. The second kappa shape index (κ2) is 9.42. The van der Waals surface area contributed by atoms with Gasteiger partial charge in [0.2, 0.25) is 5.91 Å². The van der Waals surface area contributed by atoms with Crippen molar-refractivity contribution in [2.45, 2.75) is 19.4 Å². The van der Waals surface area contributed by atoms with Crippen LogP contribution in [0.1, 0.15) is 17.5 Å². The van der Waals surface area contributed by atoms with Crippen LogP contribution < -0.4 is 15.0 Å². The van der Waals surface area contributed by atoms with Crippen molar-refractivity contribution in [2.75, 3.05) is 45.2 Å². The fraction of sp³-hybridized carbons (Fsp3) is 0.409. The maximum atomic E-state index is 12.1. The maximum Gasteiger partial charge on any atom is 0.220 e. The van der Waals surface area contributed by atoms with E-state index in [0.717, 1.165) is 49.5 Å². The second-order valence-electron chi connectivity index (χ2n) is 7.08. The summed E-state index contributed by atoms with van der Waals surface area (Å²) in [6, 6.07) is 16.4. The van der Waals surface area contributed by atoms with E-state index in [0.29, 0.717) is 13.0 Å². The smallest absolute Gasteiger partial charge is 0.220 e. The lowest BCUT2D eigenvalue weighted by Crippen LogP contribution is -2.44. The molecule has 27 heavy (non-hydrogen) atoms. The van der Waals surface area contributed by atoms with Gasteiger partial charge in [-0.15, -0.1) is 0 Å². The Morgan fingerprint density at radius 2 is 1.59 bits per heavy atom. The first kappa shape index (κ1) is 19.2. The number of carbonyl (C=O) groups is 1. The van der Waals surface area contributed by atoms with Crippen molar-refractivity contribution in [1.29, 1.82) is 0 Å². The molecule has 2 aromatic rings. The third-order valence-electron chi connectivity index (χ3n) is 5.09. The van der Waals surface area contributed by atoms with Crippen LogP contribution in [0.5, 0.6) is 5.75 Å². The summed E-state index contributed by atoms with van der Waals surface area (Å²) in [5.74, 6) is 0.914. The number of carbonyl (C=O) groups excluding carboxylic acids is 1. The Hall–Kier alpha value is -2.53. The number of benzene rings is 2. The number of piperazine rings is 1. The van der Waals surface area contributed by atoms with Crippen LogP contribution in [0, 0.1) is 0 Å². The Balaban J connectivity index is 1.41. The number of hydrogen-bond acceptors (Lipinski definition) is 4. The Labute approximate surface area is 161 Å². The number of hydrogen-bond donors (Lipinski definition) is 1. The van der Waals surface area contributed by atoms with Crippen molar-refractivity contribution in [3.63, 3.8) is 0 Å². The molecule has 0 aliphatic carbocycles. The molecule has 1 N–H and O–H groups in total. The molecule has 1 aliphatic rings. The van der Waals surface area contributed by atoms with Crippen LogP contribution in [-0.4, -0.2) is 51.1 Å². The van der Waals surface area contributed by atoms with Crippen LogP contribution in [0.2, 0.25) is 0 Å². The standard InChI is InChI=1S/C22H29N3O2/c1-24-13-15-25(16-14-24)20-8-3-19(4-9-20)17-23-22(26)12-7-18-5-10-21(27-2)11-6-18/h3-6,8-11H,7,12-17H2,1-2H3,(H,23,26). The molecule has 1 aliphatic heterocycles. The highest BCUT2D eigenvalue weighted by molar-refractivity contribution is 5.76. The van der Waals surface area contributed by atoms with Crippen LogP contribution in [0.3, 0.4) is 0 Å². The van der Waals surface area contributed by atoms with E-state index in [-0.39, 0.29) is 5.91 Å². The minimum absolute atomic E-state index is 0.0777. The minimum atomic E-state index is 0.0777. The lowest BCUT2D eigenvalue weighted by molar-refractivity contribution is -0.121. The number of anilines is 1. The van der Waals surface area contributed by atoms with Gasteiger partial charge in [-0.3, -0.25) is 4.79 Å². The van der Waals surface area contributed by atoms with Crippen LogP contribution >= 0.6 is 0 Å². The number of ether oxygens (including phenoxy) is 1. The van der Waals surface area contributed by atoms with E-state index in [9.17, 15) is 4.79 Å². The topological polar surface area (TPSA) is 44.8 Å². The van der Waals surface area contributed by atoms with E-state index >= 15 is 0 Å². The van der Waals surface area contributed by atoms with Gasteiger partial charge in [-0.05, 0) is 48.9 Å². The number of nitrogens with zero attached hydrogens (tertiary/aromatic N) is 2. The zero-order chi connectivity index (χ0) is 19.1. The van der Waals surface area contributed by atoms with Crippen LogP contribution in [0.4, 0.5) is 5.69 Å². The van der Waals surface area contributed by atoms with E-state index in [2.05, 4.69) is 46.4 Å². The van der Waals surface area contributed by atoms with Gasteiger partial charge < -0.3 is 19.9 Å². The van der Waals surface area contributed by atoms with Gasteiger partial charge in [0.05, 0.1) is 7.11 Å².